The number of halogens is 1. The van der Waals surface area contributed by atoms with Gasteiger partial charge < -0.3 is 9.47 Å². The van der Waals surface area contributed by atoms with Crippen LogP contribution in [0.25, 0.3) is 11.1 Å². The first-order chi connectivity index (χ1) is 9.33. The topological polar surface area (TPSA) is 42.2 Å². The zero-order valence-corrected chi connectivity index (χ0v) is 11.6. The number of nitriles is 1. The number of benzene rings is 2. The molecule has 2 aromatic rings. The minimum Gasteiger partial charge on any atom is -0.454 e. The van der Waals surface area contributed by atoms with Gasteiger partial charge in [0.2, 0.25) is 6.79 Å². The van der Waals surface area contributed by atoms with E-state index in [1.165, 1.54) is 0 Å². The molecule has 3 nitrogen and oxygen atoms in total. The molecular formula is C15H10BrNO2. The van der Waals surface area contributed by atoms with Crippen LogP contribution in [0.1, 0.15) is 11.1 Å². The third kappa shape index (κ3) is 2.06. The largest absolute Gasteiger partial charge is 0.454 e. The Labute approximate surface area is 119 Å². The molecule has 0 saturated carbocycles. The minimum atomic E-state index is 0.266. The molecule has 3 rings (SSSR count). The lowest BCUT2D eigenvalue weighted by molar-refractivity contribution is 0.174. The van der Waals surface area contributed by atoms with Gasteiger partial charge in [-0.3, -0.25) is 0 Å². The number of rotatable bonds is 2. The van der Waals surface area contributed by atoms with Crippen LogP contribution in [0.3, 0.4) is 0 Å². The van der Waals surface area contributed by atoms with E-state index in [-0.39, 0.29) is 6.79 Å². The van der Waals surface area contributed by atoms with E-state index in [1.54, 1.807) is 0 Å². The van der Waals surface area contributed by atoms with E-state index in [0.717, 1.165) is 28.2 Å². The van der Waals surface area contributed by atoms with Gasteiger partial charge in [-0.25, -0.2) is 0 Å². The highest BCUT2D eigenvalue weighted by molar-refractivity contribution is 9.08. The first kappa shape index (κ1) is 12.1. The Morgan fingerprint density at radius 2 is 2.00 bits per heavy atom. The van der Waals surface area contributed by atoms with Crippen molar-refractivity contribution in [2.75, 3.05) is 6.79 Å². The predicted octanol–water partition coefficient (Wildman–Crippen LogP) is 3.85. The summed E-state index contributed by atoms with van der Waals surface area (Å²) in [6.07, 6.45) is 0. The maximum atomic E-state index is 9.16. The van der Waals surface area contributed by atoms with Gasteiger partial charge in [0.15, 0.2) is 11.5 Å². The van der Waals surface area contributed by atoms with Crippen molar-refractivity contribution in [3.63, 3.8) is 0 Å². The maximum Gasteiger partial charge on any atom is 0.231 e. The van der Waals surface area contributed by atoms with Crippen molar-refractivity contribution in [3.8, 4) is 28.7 Å². The van der Waals surface area contributed by atoms with Gasteiger partial charge in [-0.2, -0.15) is 5.26 Å². The average Bonchev–Trinajstić information content (AvgIpc) is 2.93. The molecule has 0 bridgehead atoms. The monoisotopic (exact) mass is 315 g/mol. The predicted molar refractivity (Wildman–Crippen MR) is 75.3 cm³/mol. The second-order valence-electron chi connectivity index (χ2n) is 4.15. The number of alkyl halides is 1. The SMILES string of the molecule is N#Cc1cccc(-c2ccc3c(c2)OCO3)c1CBr. The fourth-order valence-electron chi connectivity index (χ4n) is 2.17. The second-order valence-corrected chi connectivity index (χ2v) is 4.71. The molecule has 0 spiro atoms. The van der Waals surface area contributed by atoms with Crippen molar-refractivity contribution < 1.29 is 9.47 Å². The van der Waals surface area contributed by atoms with Crippen LogP contribution in [0.4, 0.5) is 0 Å². The van der Waals surface area contributed by atoms with E-state index >= 15 is 0 Å². The summed E-state index contributed by atoms with van der Waals surface area (Å²) in [6, 6.07) is 13.8. The van der Waals surface area contributed by atoms with Gasteiger partial charge in [0.05, 0.1) is 11.6 Å². The lowest BCUT2D eigenvalue weighted by Crippen LogP contribution is -1.93. The third-order valence-electron chi connectivity index (χ3n) is 3.11. The fourth-order valence-corrected chi connectivity index (χ4v) is 2.77. The lowest BCUT2D eigenvalue weighted by atomic mass is 9.97. The van der Waals surface area contributed by atoms with Crippen molar-refractivity contribution in [1.82, 2.24) is 0 Å². The molecule has 1 aliphatic rings. The Kier molecular flexibility index (Phi) is 3.14. The molecule has 0 N–H and O–H groups in total. The van der Waals surface area contributed by atoms with Crippen molar-refractivity contribution in [1.29, 1.82) is 5.26 Å². The molecular weight excluding hydrogens is 306 g/mol. The van der Waals surface area contributed by atoms with E-state index in [4.69, 9.17) is 14.7 Å². The van der Waals surface area contributed by atoms with E-state index in [2.05, 4.69) is 22.0 Å². The maximum absolute atomic E-state index is 9.16. The number of nitrogens with zero attached hydrogens (tertiary/aromatic N) is 1. The summed E-state index contributed by atoms with van der Waals surface area (Å²) in [5.41, 5.74) is 3.74. The Hall–Kier alpha value is -1.99. The molecule has 0 saturated heterocycles. The Bertz CT molecular complexity index is 676. The zero-order chi connectivity index (χ0) is 13.2. The normalized spacial score (nSPS) is 12.2. The lowest BCUT2D eigenvalue weighted by Gasteiger charge is -2.09. The molecule has 0 aromatic heterocycles. The molecule has 1 aliphatic heterocycles. The van der Waals surface area contributed by atoms with Gasteiger partial charge in [-0.15, -0.1) is 0 Å². The molecule has 0 fully saturated rings. The van der Waals surface area contributed by atoms with Crippen molar-refractivity contribution >= 4 is 15.9 Å². The molecule has 0 radical (unpaired) electrons. The highest BCUT2D eigenvalue weighted by Gasteiger charge is 2.16. The van der Waals surface area contributed by atoms with Gasteiger partial charge in [0.1, 0.15) is 0 Å². The van der Waals surface area contributed by atoms with Gasteiger partial charge in [-0.1, -0.05) is 34.1 Å². The summed E-state index contributed by atoms with van der Waals surface area (Å²) in [5, 5.41) is 9.80. The molecule has 19 heavy (non-hydrogen) atoms. The summed E-state index contributed by atoms with van der Waals surface area (Å²) in [6.45, 7) is 0.266. The first-order valence-electron chi connectivity index (χ1n) is 5.81. The minimum absolute atomic E-state index is 0.266. The summed E-state index contributed by atoms with van der Waals surface area (Å²) in [4.78, 5) is 0. The van der Waals surface area contributed by atoms with Crippen LogP contribution in [0, 0.1) is 11.3 Å². The van der Waals surface area contributed by atoms with E-state index in [9.17, 15) is 0 Å². The highest BCUT2D eigenvalue weighted by Crippen LogP contribution is 2.37. The highest BCUT2D eigenvalue weighted by atomic mass is 79.9. The molecule has 0 unspecified atom stereocenters. The van der Waals surface area contributed by atoms with E-state index in [1.807, 2.05) is 36.4 Å². The van der Waals surface area contributed by atoms with Gasteiger partial charge in [0.25, 0.3) is 0 Å². The van der Waals surface area contributed by atoms with Crippen LogP contribution in [0.2, 0.25) is 0 Å². The molecule has 0 amide bonds. The molecule has 0 aliphatic carbocycles. The summed E-state index contributed by atoms with van der Waals surface area (Å²) in [7, 11) is 0. The van der Waals surface area contributed by atoms with Crippen LogP contribution >= 0.6 is 15.9 Å². The summed E-state index contributed by atoms with van der Waals surface area (Å²) in [5.74, 6) is 1.51. The van der Waals surface area contributed by atoms with Crippen molar-refractivity contribution in [2.24, 2.45) is 0 Å². The standard InChI is InChI=1S/C15H10BrNO2/c16-7-13-11(8-17)2-1-3-12(13)10-4-5-14-15(6-10)19-9-18-14/h1-6H,7,9H2. The Morgan fingerprint density at radius 1 is 1.16 bits per heavy atom. The van der Waals surface area contributed by atoms with Crippen LogP contribution in [-0.4, -0.2) is 6.79 Å². The van der Waals surface area contributed by atoms with E-state index in [0.29, 0.717) is 10.9 Å². The third-order valence-corrected chi connectivity index (χ3v) is 3.67. The van der Waals surface area contributed by atoms with E-state index < -0.39 is 0 Å². The van der Waals surface area contributed by atoms with Crippen LogP contribution in [0.5, 0.6) is 11.5 Å². The summed E-state index contributed by atoms with van der Waals surface area (Å²) >= 11 is 3.45. The smallest absolute Gasteiger partial charge is 0.231 e. The number of fused-ring (bicyclic) bond motifs is 1. The Balaban J connectivity index is 2.15. The Morgan fingerprint density at radius 3 is 2.79 bits per heavy atom. The average molecular weight is 316 g/mol. The number of hydrogen-bond acceptors (Lipinski definition) is 3. The van der Waals surface area contributed by atoms with Gasteiger partial charge in [0, 0.05) is 5.33 Å². The molecule has 94 valence electrons. The van der Waals surface area contributed by atoms with Gasteiger partial charge in [-0.05, 0) is 34.9 Å². The molecule has 4 heteroatoms. The number of ether oxygens (including phenoxy) is 2. The van der Waals surface area contributed by atoms with Crippen molar-refractivity contribution in [3.05, 3.63) is 47.5 Å². The number of hydrogen-bond donors (Lipinski definition) is 0. The zero-order valence-electron chi connectivity index (χ0n) is 10.0. The molecule has 0 atom stereocenters. The van der Waals surface area contributed by atoms with Crippen LogP contribution in [0.15, 0.2) is 36.4 Å². The van der Waals surface area contributed by atoms with Gasteiger partial charge >= 0.3 is 0 Å². The second kappa shape index (κ2) is 4.94. The molecule has 2 aromatic carbocycles. The fraction of sp³-hybridized carbons (Fsp3) is 0.133. The summed E-state index contributed by atoms with van der Waals surface area (Å²) < 4.78 is 10.7. The van der Waals surface area contributed by atoms with Crippen LogP contribution in [-0.2, 0) is 5.33 Å². The quantitative estimate of drug-likeness (QED) is 0.790. The van der Waals surface area contributed by atoms with Crippen molar-refractivity contribution in [2.45, 2.75) is 5.33 Å². The molecule has 1 heterocycles. The first-order valence-corrected chi connectivity index (χ1v) is 6.93. The van der Waals surface area contributed by atoms with Crippen LogP contribution < -0.4 is 9.47 Å².